The van der Waals surface area contributed by atoms with Crippen LogP contribution in [0.15, 0.2) is 12.2 Å². The van der Waals surface area contributed by atoms with Gasteiger partial charge >= 0.3 is 0 Å². The van der Waals surface area contributed by atoms with Gasteiger partial charge in [0.2, 0.25) is 6.29 Å². The molecule has 199 valence electrons. The lowest BCUT2D eigenvalue weighted by atomic mass is 9.94. The zero-order chi connectivity index (χ0) is 25.0. The third-order valence-electron chi connectivity index (χ3n) is 7.06. The summed E-state index contributed by atoms with van der Waals surface area (Å²) in [7, 11) is 0. The maximum Gasteiger partial charge on any atom is 0.209 e. The van der Waals surface area contributed by atoms with Crippen molar-refractivity contribution >= 4 is 12.1 Å². The van der Waals surface area contributed by atoms with Gasteiger partial charge in [0, 0.05) is 6.42 Å². The largest absolute Gasteiger partial charge is 0.299 e. The lowest BCUT2D eigenvalue weighted by Crippen LogP contribution is -2.15. The van der Waals surface area contributed by atoms with Crippen LogP contribution >= 0.6 is 0 Å². The molecule has 0 N–H and O–H groups in total. The second kappa shape index (κ2) is 28.3. The first-order chi connectivity index (χ1) is 16.8. The Kier molecular flexibility index (Phi) is 27.6. The van der Waals surface area contributed by atoms with Gasteiger partial charge in [-0.1, -0.05) is 142 Å². The average Bonchev–Trinajstić information content (AvgIpc) is 2.85. The second-order valence-corrected chi connectivity index (χ2v) is 10.4. The van der Waals surface area contributed by atoms with Crippen LogP contribution < -0.4 is 0 Å². The molecule has 0 rings (SSSR count). The first-order valence-electron chi connectivity index (χ1n) is 15.3. The number of rotatable bonds is 28. The van der Waals surface area contributed by atoms with E-state index in [2.05, 4.69) is 26.0 Å². The van der Waals surface area contributed by atoms with Crippen molar-refractivity contribution in [3.8, 4) is 0 Å². The molecule has 0 aliphatic carbocycles. The van der Waals surface area contributed by atoms with Crippen molar-refractivity contribution in [2.75, 3.05) is 0 Å². The highest BCUT2D eigenvalue weighted by Crippen LogP contribution is 2.16. The number of hydrogen-bond acceptors (Lipinski definition) is 2. The van der Waals surface area contributed by atoms with Crippen molar-refractivity contribution in [3.05, 3.63) is 12.2 Å². The molecule has 1 unspecified atom stereocenters. The summed E-state index contributed by atoms with van der Waals surface area (Å²) in [5.41, 5.74) is 0. The Bertz CT molecular complexity index is 454. The molecular formula is C32H59O2. The molecule has 0 saturated heterocycles. The minimum absolute atomic E-state index is 0.128. The predicted octanol–water partition coefficient (Wildman–Crippen LogP) is 10.6. The standard InChI is InChI=1S/C32H59O2/c1-3-5-7-9-11-13-15-16-17-18-19-21-23-25-27-29-32(34)31(30-33)28-26-24-22-20-14-12-10-8-6-4-2/h16-17,31H,3-15,18-29H2,1-2H3/b17-16-. The monoisotopic (exact) mass is 475 g/mol. The van der Waals surface area contributed by atoms with E-state index in [4.69, 9.17) is 0 Å². The molecule has 2 heteroatoms. The number of carbonyl (C=O) groups is 1. The van der Waals surface area contributed by atoms with Crippen LogP contribution in [0.4, 0.5) is 0 Å². The van der Waals surface area contributed by atoms with Crippen molar-refractivity contribution in [3.63, 3.8) is 0 Å². The summed E-state index contributed by atoms with van der Waals surface area (Å²) in [5, 5.41) is 0. The van der Waals surface area contributed by atoms with E-state index < -0.39 is 5.92 Å². The fourth-order valence-electron chi connectivity index (χ4n) is 4.67. The fourth-order valence-corrected chi connectivity index (χ4v) is 4.67. The van der Waals surface area contributed by atoms with Gasteiger partial charge in [-0.3, -0.25) is 9.59 Å². The van der Waals surface area contributed by atoms with Crippen LogP contribution in [0.3, 0.4) is 0 Å². The molecule has 0 spiro atoms. The van der Waals surface area contributed by atoms with E-state index in [1.165, 1.54) is 122 Å². The van der Waals surface area contributed by atoms with E-state index in [0.29, 0.717) is 12.8 Å². The van der Waals surface area contributed by atoms with E-state index in [0.717, 1.165) is 25.7 Å². The van der Waals surface area contributed by atoms with Crippen molar-refractivity contribution in [2.45, 2.75) is 174 Å². The van der Waals surface area contributed by atoms with Crippen molar-refractivity contribution in [1.29, 1.82) is 0 Å². The van der Waals surface area contributed by atoms with Crippen LogP contribution in [0.1, 0.15) is 174 Å². The minimum Gasteiger partial charge on any atom is -0.299 e. The third kappa shape index (κ3) is 24.2. The number of allylic oxidation sites excluding steroid dienone is 2. The number of ketones is 1. The van der Waals surface area contributed by atoms with Crippen LogP contribution in [0.5, 0.6) is 0 Å². The smallest absolute Gasteiger partial charge is 0.209 e. The molecule has 0 aromatic carbocycles. The highest BCUT2D eigenvalue weighted by Gasteiger charge is 2.17. The Labute approximate surface area is 214 Å². The van der Waals surface area contributed by atoms with Gasteiger partial charge in [0.05, 0.1) is 5.92 Å². The van der Waals surface area contributed by atoms with Crippen molar-refractivity contribution in [1.82, 2.24) is 0 Å². The van der Waals surface area contributed by atoms with Crippen LogP contribution in [0.2, 0.25) is 0 Å². The summed E-state index contributed by atoms with van der Waals surface area (Å²) in [6.45, 7) is 4.53. The first-order valence-corrected chi connectivity index (χ1v) is 15.3. The average molecular weight is 476 g/mol. The molecule has 1 radical (unpaired) electrons. The van der Waals surface area contributed by atoms with E-state index in [9.17, 15) is 9.59 Å². The first kappa shape index (κ1) is 33.1. The summed E-state index contributed by atoms with van der Waals surface area (Å²) >= 11 is 0. The molecule has 34 heavy (non-hydrogen) atoms. The van der Waals surface area contributed by atoms with Gasteiger partial charge in [-0.2, -0.15) is 0 Å². The molecule has 0 aromatic heterocycles. The summed E-state index contributed by atoms with van der Waals surface area (Å²) in [6, 6.07) is 0. The van der Waals surface area contributed by atoms with Gasteiger partial charge < -0.3 is 0 Å². The van der Waals surface area contributed by atoms with Gasteiger partial charge in [0.25, 0.3) is 0 Å². The molecule has 0 heterocycles. The summed E-state index contributed by atoms with van der Waals surface area (Å²) in [6.07, 6.45) is 37.2. The molecule has 0 amide bonds. The molecule has 0 saturated carbocycles. The van der Waals surface area contributed by atoms with E-state index in [-0.39, 0.29) is 5.78 Å². The van der Waals surface area contributed by atoms with Crippen molar-refractivity contribution < 1.29 is 9.59 Å². The molecular weight excluding hydrogens is 416 g/mol. The maximum atomic E-state index is 12.3. The van der Waals surface area contributed by atoms with Gasteiger partial charge in [-0.15, -0.1) is 0 Å². The Hall–Kier alpha value is -0.920. The minimum atomic E-state index is -0.467. The van der Waals surface area contributed by atoms with Gasteiger partial charge in [0.15, 0.2) is 0 Å². The Morgan fingerprint density at radius 3 is 1.38 bits per heavy atom. The number of carbonyl (C=O) groups excluding carboxylic acids is 2. The lowest BCUT2D eigenvalue weighted by molar-refractivity contribution is -0.121. The van der Waals surface area contributed by atoms with Crippen LogP contribution in [-0.4, -0.2) is 12.1 Å². The molecule has 0 aliphatic heterocycles. The zero-order valence-corrected chi connectivity index (χ0v) is 23.2. The number of Topliss-reactive ketones (excluding diaryl/α,β-unsaturated/α-hetero) is 1. The SMILES string of the molecule is CCCCCCCC/C=C\CCCCCCCC(=O)C([C]=O)CCCCCCCCCCCC. The lowest BCUT2D eigenvalue weighted by Gasteiger charge is -2.09. The van der Waals surface area contributed by atoms with E-state index in [1.807, 2.05) is 6.29 Å². The van der Waals surface area contributed by atoms with Crippen molar-refractivity contribution in [2.24, 2.45) is 5.92 Å². The topological polar surface area (TPSA) is 34.1 Å². The van der Waals surface area contributed by atoms with Crippen LogP contribution in [-0.2, 0) is 9.59 Å². The number of unbranched alkanes of at least 4 members (excludes halogenated alkanes) is 20. The summed E-state index contributed by atoms with van der Waals surface area (Å²) in [5.74, 6) is -0.339. The Morgan fingerprint density at radius 2 is 0.941 bits per heavy atom. The predicted molar refractivity (Wildman–Crippen MR) is 150 cm³/mol. The zero-order valence-electron chi connectivity index (χ0n) is 23.2. The van der Waals surface area contributed by atoms with Crippen LogP contribution in [0, 0.1) is 5.92 Å². The quantitative estimate of drug-likeness (QED) is 0.0640. The molecule has 1 atom stereocenters. The Morgan fingerprint density at radius 1 is 0.559 bits per heavy atom. The molecule has 0 bridgehead atoms. The van der Waals surface area contributed by atoms with Gasteiger partial charge in [-0.05, 0) is 38.5 Å². The highest BCUT2D eigenvalue weighted by molar-refractivity contribution is 5.93. The van der Waals surface area contributed by atoms with E-state index >= 15 is 0 Å². The highest BCUT2D eigenvalue weighted by atomic mass is 16.1. The second-order valence-electron chi connectivity index (χ2n) is 10.4. The number of hydrogen-bond donors (Lipinski definition) is 0. The molecule has 0 fully saturated rings. The summed E-state index contributed by atoms with van der Waals surface area (Å²) < 4.78 is 0. The summed E-state index contributed by atoms with van der Waals surface area (Å²) in [4.78, 5) is 23.6. The van der Waals surface area contributed by atoms with E-state index in [1.54, 1.807) is 0 Å². The maximum absolute atomic E-state index is 12.3. The molecule has 0 aromatic rings. The molecule has 2 nitrogen and oxygen atoms in total. The Balaban J connectivity index is 3.48. The fraction of sp³-hybridized carbons (Fsp3) is 0.875. The molecule has 0 aliphatic rings. The third-order valence-corrected chi connectivity index (χ3v) is 7.06. The van der Waals surface area contributed by atoms with Crippen LogP contribution in [0.25, 0.3) is 0 Å². The van der Waals surface area contributed by atoms with Gasteiger partial charge in [-0.25, -0.2) is 0 Å². The van der Waals surface area contributed by atoms with Gasteiger partial charge in [0.1, 0.15) is 5.78 Å². The normalized spacial score (nSPS) is 12.4.